The maximum absolute atomic E-state index is 4.66. The summed E-state index contributed by atoms with van der Waals surface area (Å²) in [6.07, 6.45) is 14.1. The summed E-state index contributed by atoms with van der Waals surface area (Å²) in [6, 6.07) is 12.4. The van der Waals surface area contributed by atoms with Crippen molar-refractivity contribution in [3.05, 3.63) is 82.7 Å². The van der Waals surface area contributed by atoms with Crippen molar-refractivity contribution in [2.45, 2.75) is 33.1 Å². The molecule has 0 aliphatic carbocycles. The van der Waals surface area contributed by atoms with Crippen LogP contribution in [0.3, 0.4) is 0 Å². The van der Waals surface area contributed by atoms with Crippen LogP contribution in [-0.2, 0) is 0 Å². The minimum Gasteiger partial charge on any atom is -0.343 e. The molecule has 2 aromatic heterocycles. The van der Waals surface area contributed by atoms with Gasteiger partial charge in [-0.25, -0.2) is 4.98 Å². The summed E-state index contributed by atoms with van der Waals surface area (Å²) >= 11 is 0. The highest BCUT2D eigenvalue weighted by Crippen LogP contribution is 2.26. The van der Waals surface area contributed by atoms with Gasteiger partial charge in [0.25, 0.3) is 0 Å². The predicted octanol–water partition coefficient (Wildman–Crippen LogP) is 4.53. The maximum Gasteiger partial charge on any atom is 0.0977 e. The van der Waals surface area contributed by atoms with Crippen LogP contribution >= 0.6 is 0 Å². The molecular formula is C28H32N4. The predicted molar refractivity (Wildman–Crippen MR) is 134 cm³/mol. The van der Waals surface area contributed by atoms with Crippen LogP contribution in [0.4, 0.5) is 0 Å². The fraction of sp³-hybridized carbons (Fsp3) is 0.286. The zero-order valence-electron chi connectivity index (χ0n) is 19.1. The highest BCUT2D eigenvalue weighted by atomic mass is 14.9. The van der Waals surface area contributed by atoms with Crippen molar-refractivity contribution in [1.82, 2.24) is 20.3 Å². The molecule has 0 amide bonds. The van der Waals surface area contributed by atoms with E-state index in [0.717, 1.165) is 57.5 Å². The first-order chi connectivity index (χ1) is 15.6. The molecular weight excluding hydrogens is 392 g/mol. The van der Waals surface area contributed by atoms with E-state index in [1.54, 1.807) is 6.33 Å². The fourth-order valence-corrected chi connectivity index (χ4v) is 3.95. The number of hydrogen-bond acceptors (Lipinski definition) is 3. The summed E-state index contributed by atoms with van der Waals surface area (Å²) in [5.74, 6) is 0.866. The third-order valence-corrected chi connectivity index (χ3v) is 6.04. The van der Waals surface area contributed by atoms with Gasteiger partial charge in [-0.3, -0.25) is 4.98 Å². The monoisotopic (exact) mass is 424 g/mol. The Kier molecular flexibility index (Phi) is 7.13. The molecule has 0 bridgehead atoms. The number of pyridine rings is 1. The van der Waals surface area contributed by atoms with Gasteiger partial charge in [0.15, 0.2) is 0 Å². The first kappa shape index (κ1) is 22.0. The molecule has 0 spiro atoms. The van der Waals surface area contributed by atoms with E-state index in [-0.39, 0.29) is 0 Å². The Morgan fingerprint density at radius 3 is 2.81 bits per heavy atom. The number of benzene rings is 1. The van der Waals surface area contributed by atoms with Gasteiger partial charge in [-0.15, -0.1) is 0 Å². The second-order valence-corrected chi connectivity index (χ2v) is 8.49. The lowest BCUT2D eigenvalue weighted by Crippen LogP contribution is -2.41. The van der Waals surface area contributed by atoms with E-state index < -0.39 is 0 Å². The van der Waals surface area contributed by atoms with Crippen molar-refractivity contribution in [1.29, 1.82) is 0 Å². The van der Waals surface area contributed by atoms with Crippen LogP contribution in [0.25, 0.3) is 35.3 Å². The SMILES string of the molecule is C=c1ccc(-c2nc[nH]c2-c2cccc(C)n2)c/c1=C/C(=C\C)C/C=C/CCC1CNC1. The summed E-state index contributed by atoms with van der Waals surface area (Å²) in [7, 11) is 0. The number of rotatable bonds is 8. The first-order valence-corrected chi connectivity index (χ1v) is 11.4. The standard InChI is InChI=1S/C28H32N4/c1-4-22(10-6-5-7-11-23-17-29-18-23)15-25-16-24(14-13-20(25)2)27-28(31-19-30-27)26-12-8-9-21(3)32-26/h4-6,8-9,12-16,19,23,29H,2,7,10-11,17-18H2,1,3H3,(H,30,31)/b6-5+,22-4-,25-15-. The van der Waals surface area contributed by atoms with Gasteiger partial charge in [0.2, 0.25) is 0 Å². The zero-order chi connectivity index (χ0) is 22.3. The average molecular weight is 425 g/mol. The number of aromatic nitrogens is 3. The Bertz CT molecular complexity index is 1230. The Labute approximate surface area is 190 Å². The largest absolute Gasteiger partial charge is 0.343 e. The number of aryl methyl sites for hydroxylation is 1. The number of imidazole rings is 1. The lowest BCUT2D eigenvalue weighted by molar-refractivity contribution is 0.329. The lowest BCUT2D eigenvalue weighted by atomic mass is 9.97. The van der Waals surface area contributed by atoms with Crippen molar-refractivity contribution in [3.63, 3.8) is 0 Å². The van der Waals surface area contributed by atoms with E-state index in [1.165, 1.54) is 25.1 Å². The van der Waals surface area contributed by atoms with Gasteiger partial charge < -0.3 is 10.3 Å². The highest BCUT2D eigenvalue weighted by Gasteiger charge is 2.14. The van der Waals surface area contributed by atoms with Crippen molar-refractivity contribution in [3.8, 4) is 22.6 Å². The van der Waals surface area contributed by atoms with Crippen molar-refractivity contribution in [2.24, 2.45) is 5.92 Å². The van der Waals surface area contributed by atoms with Crippen LogP contribution in [0.5, 0.6) is 0 Å². The van der Waals surface area contributed by atoms with Crippen LogP contribution < -0.4 is 15.8 Å². The molecule has 0 radical (unpaired) electrons. The number of aromatic amines is 1. The van der Waals surface area contributed by atoms with Crippen LogP contribution in [0.1, 0.15) is 31.9 Å². The fourth-order valence-electron chi connectivity index (χ4n) is 3.95. The number of hydrogen-bond donors (Lipinski definition) is 2. The van der Waals surface area contributed by atoms with E-state index >= 15 is 0 Å². The topological polar surface area (TPSA) is 53.6 Å². The van der Waals surface area contributed by atoms with Crippen molar-refractivity contribution < 1.29 is 0 Å². The lowest BCUT2D eigenvalue weighted by Gasteiger charge is -2.26. The molecule has 4 nitrogen and oxygen atoms in total. The van der Waals surface area contributed by atoms with E-state index in [2.05, 4.69) is 76.3 Å². The number of nitrogens with zero attached hydrogens (tertiary/aromatic N) is 2. The van der Waals surface area contributed by atoms with Crippen LogP contribution in [0.15, 0.2) is 66.5 Å². The molecule has 164 valence electrons. The van der Waals surface area contributed by atoms with Crippen LogP contribution in [-0.4, -0.2) is 28.0 Å². The maximum atomic E-state index is 4.66. The van der Waals surface area contributed by atoms with Crippen LogP contribution in [0.2, 0.25) is 0 Å². The van der Waals surface area contributed by atoms with Gasteiger partial charge in [-0.05, 0) is 86.3 Å². The number of H-pyrrole nitrogens is 1. The van der Waals surface area contributed by atoms with E-state index in [0.29, 0.717) is 0 Å². The molecule has 1 aromatic carbocycles. The van der Waals surface area contributed by atoms with Gasteiger partial charge >= 0.3 is 0 Å². The molecule has 32 heavy (non-hydrogen) atoms. The molecule has 2 N–H and O–H groups in total. The quantitative estimate of drug-likeness (QED) is 0.523. The molecule has 1 aliphatic rings. The number of allylic oxidation sites excluding steroid dienone is 4. The Hall–Kier alpha value is -3.24. The normalized spacial score (nSPS) is 15.4. The van der Waals surface area contributed by atoms with Crippen LogP contribution in [0, 0.1) is 12.8 Å². The van der Waals surface area contributed by atoms with Gasteiger partial charge in [0.1, 0.15) is 0 Å². The molecule has 1 fully saturated rings. The van der Waals surface area contributed by atoms with Crippen molar-refractivity contribution in [2.75, 3.05) is 13.1 Å². The summed E-state index contributed by atoms with van der Waals surface area (Å²) < 4.78 is 0. The van der Waals surface area contributed by atoms with Gasteiger partial charge in [-0.1, -0.05) is 49.1 Å². The molecule has 4 rings (SSSR count). The molecule has 1 saturated heterocycles. The minimum atomic E-state index is 0.866. The summed E-state index contributed by atoms with van der Waals surface area (Å²) in [4.78, 5) is 12.5. The van der Waals surface area contributed by atoms with Gasteiger partial charge in [-0.2, -0.15) is 0 Å². The summed E-state index contributed by atoms with van der Waals surface area (Å²) in [5.41, 5.74) is 6.08. The Balaban J connectivity index is 1.55. The number of nitrogens with one attached hydrogen (secondary N) is 2. The third kappa shape index (κ3) is 5.32. The van der Waals surface area contributed by atoms with E-state index in [4.69, 9.17) is 0 Å². The third-order valence-electron chi connectivity index (χ3n) is 6.04. The molecule has 4 heteroatoms. The second-order valence-electron chi connectivity index (χ2n) is 8.49. The van der Waals surface area contributed by atoms with Gasteiger partial charge in [0, 0.05) is 11.3 Å². The van der Waals surface area contributed by atoms with Gasteiger partial charge in [0.05, 0.1) is 23.4 Å². The molecule has 3 aromatic rings. The Morgan fingerprint density at radius 1 is 1.19 bits per heavy atom. The van der Waals surface area contributed by atoms with Crippen molar-refractivity contribution >= 4 is 12.7 Å². The van der Waals surface area contributed by atoms with E-state index in [1.807, 2.05) is 25.1 Å². The highest BCUT2D eigenvalue weighted by molar-refractivity contribution is 5.76. The van der Waals surface area contributed by atoms with E-state index in [9.17, 15) is 0 Å². The molecule has 1 aliphatic heterocycles. The summed E-state index contributed by atoms with van der Waals surface area (Å²) in [5, 5.41) is 5.47. The Morgan fingerprint density at radius 2 is 2.06 bits per heavy atom. The average Bonchev–Trinajstić information content (AvgIpc) is 3.25. The molecule has 3 heterocycles. The zero-order valence-corrected chi connectivity index (χ0v) is 19.1. The smallest absolute Gasteiger partial charge is 0.0977 e. The second kappa shape index (κ2) is 10.4. The minimum absolute atomic E-state index is 0.866. The molecule has 0 atom stereocenters. The molecule has 0 saturated carbocycles. The molecule has 0 unspecified atom stereocenters. The first-order valence-electron chi connectivity index (χ1n) is 11.4. The summed E-state index contributed by atoms with van der Waals surface area (Å²) in [6.45, 7) is 10.7.